The summed E-state index contributed by atoms with van der Waals surface area (Å²) in [6.07, 6.45) is -4.80. The highest BCUT2D eigenvalue weighted by atomic mass is 19.4. The first kappa shape index (κ1) is 13.0. The van der Waals surface area contributed by atoms with Crippen molar-refractivity contribution in [1.29, 1.82) is 0 Å². The zero-order chi connectivity index (χ0) is 14.2. The Morgan fingerprint density at radius 3 is 2.37 bits per heavy atom. The van der Waals surface area contributed by atoms with Crippen LogP contribution < -0.4 is 11.2 Å². The summed E-state index contributed by atoms with van der Waals surface area (Å²) in [5, 5.41) is 7.20. The van der Waals surface area contributed by atoms with E-state index in [4.69, 9.17) is 0 Å². The number of aryl methyl sites for hydroxylation is 1. The van der Waals surface area contributed by atoms with Gasteiger partial charge in [-0.3, -0.25) is 4.79 Å². The van der Waals surface area contributed by atoms with Gasteiger partial charge in [0, 0.05) is 6.07 Å². The van der Waals surface area contributed by atoms with Gasteiger partial charge < -0.3 is 4.98 Å². The molecule has 1 N–H and O–H groups in total. The molecule has 2 aromatic heterocycles. The van der Waals surface area contributed by atoms with Crippen LogP contribution in [0.15, 0.2) is 27.8 Å². The summed E-state index contributed by atoms with van der Waals surface area (Å²) in [7, 11) is 0. The molecule has 0 fully saturated rings. The second-order valence-electron chi connectivity index (χ2n) is 3.69. The number of halogens is 3. The lowest BCUT2D eigenvalue weighted by Crippen LogP contribution is -2.36. The molecule has 0 aliphatic rings. The van der Waals surface area contributed by atoms with Gasteiger partial charge in [-0.25, -0.2) is 9.36 Å². The topological polar surface area (TPSA) is 80.6 Å². The highest BCUT2D eigenvalue weighted by Crippen LogP contribution is 2.25. The molecule has 0 radical (unpaired) electrons. The summed E-state index contributed by atoms with van der Waals surface area (Å²) >= 11 is 0. The molecule has 2 heterocycles. The van der Waals surface area contributed by atoms with Crippen molar-refractivity contribution in [2.24, 2.45) is 0 Å². The lowest BCUT2D eigenvalue weighted by atomic mass is 10.4. The van der Waals surface area contributed by atoms with Gasteiger partial charge in [-0.1, -0.05) is 0 Å². The van der Waals surface area contributed by atoms with E-state index in [-0.39, 0.29) is 5.82 Å². The van der Waals surface area contributed by atoms with E-state index in [1.165, 1.54) is 12.1 Å². The summed E-state index contributed by atoms with van der Waals surface area (Å²) in [6, 6.07) is 3.08. The molecule has 0 atom stereocenters. The van der Waals surface area contributed by atoms with Gasteiger partial charge in [0.05, 0.1) is 5.69 Å². The van der Waals surface area contributed by atoms with Crippen molar-refractivity contribution < 1.29 is 13.2 Å². The van der Waals surface area contributed by atoms with Crippen LogP contribution in [0.2, 0.25) is 0 Å². The van der Waals surface area contributed by atoms with E-state index in [9.17, 15) is 22.8 Å². The van der Waals surface area contributed by atoms with E-state index in [0.717, 1.165) is 0 Å². The molecule has 2 aromatic rings. The number of alkyl halides is 3. The summed E-state index contributed by atoms with van der Waals surface area (Å²) in [5.74, 6) is -0.148. The summed E-state index contributed by atoms with van der Waals surface area (Å²) < 4.78 is 37.6. The molecular weight excluding hydrogens is 265 g/mol. The number of hydrogen-bond donors (Lipinski definition) is 1. The third-order valence-electron chi connectivity index (χ3n) is 2.25. The standard InChI is InChI=1S/C10H7F3N4O2/c1-5-2-3-7(16-15-5)17-8(18)4-6(10(11,12)13)14-9(17)19/h2-4H,1H3,(H,14,19). The Morgan fingerprint density at radius 1 is 1.21 bits per heavy atom. The Kier molecular flexibility index (Phi) is 2.97. The van der Waals surface area contributed by atoms with E-state index >= 15 is 0 Å². The SMILES string of the molecule is Cc1ccc(-n2c(=O)cc(C(F)(F)F)[nH]c2=O)nn1. The molecule has 0 spiro atoms. The molecule has 0 aromatic carbocycles. The molecule has 0 aliphatic heterocycles. The molecule has 0 saturated heterocycles. The quantitative estimate of drug-likeness (QED) is 0.826. The Morgan fingerprint density at radius 2 is 1.89 bits per heavy atom. The number of aromatic nitrogens is 4. The monoisotopic (exact) mass is 272 g/mol. The van der Waals surface area contributed by atoms with Crippen LogP contribution in [0, 0.1) is 6.92 Å². The molecule has 19 heavy (non-hydrogen) atoms. The predicted octanol–water partition coefficient (Wildman–Crippen LogP) is 0.643. The minimum atomic E-state index is -4.80. The molecular formula is C10H7F3N4O2. The maximum Gasteiger partial charge on any atom is 0.431 e. The van der Waals surface area contributed by atoms with E-state index in [2.05, 4.69) is 10.2 Å². The van der Waals surface area contributed by atoms with Gasteiger partial charge in [0.1, 0.15) is 5.69 Å². The summed E-state index contributed by atoms with van der Waals surface area (Å²) in [4.78, 5) is 24.7. The van der Waals surface area contributed by atoms with Crippen LogP contribution in [-0.4, -0.2) is 19.7 Å². The van der Waals surface area contributed by atoms with Crippen LogP contribution in [0.4, 0.5) is 13.2 Å². The van der Waals surface area contributed by atoms with Crippen LogP contribution in [-0.2, 0) is 6.18 Å². The van der Waals surface area contributed by atoms with Crippen LogP contribution in [0.5, 0.6) is 0 Å². The zero-order valence-corrected chi connectivity index (χ0v) is 9.52. The second-order valence-corrected chi connectivity index (χ2v) is 3.69. The van der Waals surface area contributed by atoms with Gasteiger partial charge in [0.2, 0.25) is 0 Å². The molecule has 0 unspecified atom stereocenters. The fraction of sp³-hybridized carbons (Fsp3) is 0.200. The Hall–Kier alpha value is -2.45. The Bertz CT molecular complexity index is 684. The van der Waals surface area contributed by atoms with Crippen LogP contribution in [0.1, 0.15) is 11.4 Å². The first-order valence-electron chi connectivity index (χ1n) is 5.03. The van der Waals surface area contributed by atoms with E-state index < -0.39 is 23.1 Å². The lowest BCUT2D eigenvalue weighted by molar-refractivity contribution is -0.141. The van der Waals surface area contributed by atoms with Gasteiger partial charge in [0.15, 0.2) is 5.82 Å². The first-order valence-corrected chi connectivity index (χ1v) is 5.03. The van der Waals surface area contributed by atoms with E-state index in [1.54, 1.807) is 11.9 Å². The number of H-pyrrole nitrogens is 1. The summed E-state index contributed by atoms with van der Waals surface area (Å²) in [5.41, 5.74) is -3.22. The molecule has 0 bridgehead atoms. The number of nitrogens with zero attached hydrogens (tertiary/aromatic N) is 3. The summed E-state index contributed by atoms with van der Waals surface area (Å²) in [6.45, 7) is 1.64. The fourth-order valence-electron chi connectivity index (χ4n) is 1.38. The predicted molar refractivity (Wildman–Crippen MR) is 58.0 cm³/mol. The molecule has 0 aliphatic carbocycles. The number of nitrogens with one attached hydrogen (secondary N) is 1. The number of rotatable bonds is 1. The molecule has 6 nitrogen and oxygen atoms in total. The Labute approximate surface area is 103 Å². The average Bonchev–Trinajstić information content (AvgIpc) is 2.29. The molecule has 100 valence electrons. The molecule has 2 rings (SSSR count). The molecule has 9 heteroatoms. The van der Waals surface area contributed by atoms with Crippen molar-refractivity contribution in [2.45, 2.75) is 13.1 Å². The molecule has 0 amide bonds. The van der Waals surface area contributed by atoms with E-state index in [1.807, 2.05) is 0 Å². The maximum absolute atomic E-state index is 12.4. The van der Waals surface area contributed by atoms with Gasteiger partial charge in [0.25, 0.3) is 5.56 Å². The largest absolute Gasteiger partial charge is 0.431 e. The smallest absolute Gasteiger partial charge is 0.303 e. The van der Waals surface area contributed by atoms with Crippen molar-refractivity contribution in [3.8, 4) is 5.82 Å². The van der Waals surface area contributed by atoms with Gasteiger partial charge in [-0.05, 0) is 19.1 Å². The highest BCUT2D eigenvalue weighted by Gasteiger charge is 2.33. The van der Waals surface area contributed by atoms with Crippen LogP contribution in [0.25, 0.3) is 5.82 Å². The van der Waals surface area contributed by atoms with Crippen molar-refractivity contribution in [3.63, 3.8) is 0 Å². The highest BCUT2D eigenvalue weighted by molar-refractivity contribution is 5.22. The lowest BCUT2D eigenvalue weighted by Gasteiger charge is -2.07. The van der Waals surface area contributed by atoms with Crippen molar-refractivity contribution in [2.75, 3.05) is 0 Å². The first-order chi connectivity index (χ1) is 8.79. The number of hydrogen-bond acceptors (Lipinski definition) is 4. The Balaban J connectivity index is 2.64. The van der Waals surface area contributed by atoms with Gasteiger partial charge in [-0.2, -0.15) is 18.3 Å². The van der Waals surface area contributed by atoms with Crippen molar-refractivity contribution >= 4 is 0 Å². The van der Waals surface area contributed by atoms with E-state index in [0.29, 0.717) is 16.3 Å². The zero-order valence-electron chi connectivity index (χ0n) is 9.52. The fourth-order valence-corrected chi connectivity index (χ4v) is 1.38. The average molecular weight is 272 g/mol. The minimum Gasteiger partial charge on any atom is -0.303 e. The van der Waals surface area contributed by atoms with Crippen molar-refractivity contribution in [1.82, 2.24) is 19.7 Å². The van der Waals surface area contributed by atoms with Crippen LogP contribution >= 0.6 is 0 Å². The maximum atomic E-state index is 12.4. The molecule has 0 saturated carbocycles. The van der Waals surface area contributed by atoms with Crippen LogP contribution in [0.3, 0.4) is 0 Å². The number of aromatic amines is 1. The van der Waals surface area contributed by atoms with Crippen molar-refractivity contribution in [3.05, 3.63) is 50.4 Å². The third kappa shape index (κ3) is 2.54. The minimum absolute atomic E-state index is 0.148. The normalized spacial score (nSPS) is 11.6. The second kappa shape index (κ2) is 4.34. The van der Waals surface area contributed by atoms with Gasteiger partial charge >= 0.3 is 11.9 Å². The van der Waals surface area contributed by atoms with Gasteiger partial charge in [-0.15, -0.1) is 5.10 Å². The third-order valence-corrected chi connectivity index (χ3v) is 2.25.